The number of carbonyl (C=O) groups excluding carboxylic acids is 2. The predicted octanol–water partition coefficient (Wildman–Crippen LogP) is 2.21. The van der Waals surface area contributed by atoms with Gasteiger partial charge in [0, 0.05) is 19.8 Å². The number of hydrogen-bond acceptors (Lipinski definition) is 3. The van der Waals surface area contributed by atoms with Gasteiger partial charge in [-0.1, -0.05) is 6.92 Å². The molecule has 0 amide bonds. The largest absolute Gasteiger partial charge is 0.432 e. The van der Waals surface area contributed by atoms with Crippen LogP contribution in [0.3, 0.4) is 0 Å². The van der Waals surface area contributed by atoms with Crippen molar-refractivity contribution in [1.29, 1.82) is 0 Å². The lowest BCUT2D eigenvalue weighted by Gasteiger charge is -2.11. The van der Waals surface area contributed by atoms with Crippen LogP contribution in [0.15, 0.2) is 11.8 Å². The molecular weight excluding hydrogens is 168 g/mol. The number of rotatable bonds is 3. The van der Waals surface area contributed by atoms with Crippen molar-refractivity contribution >= 4 is 12.3 Å². The molecule has 0 bridgehead atoms. The second-order valence-corrected chi connectivity index (χ2v) is 2.76. The third-order valence-electron chi connectivity index (χ3n) is 1.44. The molecule has 0 aromatic heterocycles. The van der Waals surface area contributed by atoms with Crippen molar-refractivity contribution in [2.45, 2.75) is 39.5 Å². The Morgan fingerprint density at radius 2 is 2.31 bits per heavy atom. The lowest BCUT2D eigenvalue weighted by Crippen LogP contribution is -2.03. The average Bonchev–Trinajstić information content (AvgIpc) is 2.00. The highest BCUT2D eigenvalue weighted by atomic mass is 16.5. The number of unbranched alkanes of at least 4 members (excludes halogenated alkanes) is 1. The molecule has 1 aliphatic rings. The smallest absolute Gasteiger partial charge is 0.307 e. The van der Waals surface area contributed by atoms with Crippen LogP contribution >= 0.6 is 0 Å². The molecule has 0 spiro atoms. The zero-order valence-corrected chi connectivity index (χ0v) is 8.21. The minimum absolute atomic E-state index is 0.212. The summed E-state index contributed by atoms with van der Waals surface area (Å²) < 4.78 is 4.71. The molecule has 0 N–H and O–H groups in total. The van der Waals surface area contributed by atoms with Gasteiger partial charge in [0.25, 0.3) is 0 Å². The maximum atomic E-state index is 10.2. The molecule has 0 aliphatic heterocycles. The van der Waals surface area contributed by atoms with Crippen LogP contribution in [0.25, 0.3) is 0 Å². The van der Waals surface area contributed by atoms with Crippen molar-refractivity contribution < 1.29 is 14.3 Å². The highest BCUT2D eigenvalue weighted by molar-refractivity contribution is 5.67. The van der Waals surface area contributed by atoms with E-state index >= 15 is 0 Å². The van der Waals surface area contributed by atoms with Gasteiger partial charge in [-0.3, -0.25) is 4.79 Å². The summed E-state index contributed by atoms with van der Waals surface area (Å²) >= 11 is 0. The van der Waals surface area contributed by atoms with Gasteiger partial charge in [0.15, 0.2) is 0 Å². The first-order chi connectivity index (χ1) is 6.20. The van der Waals surface area contributed by atoms with E-state index in [4.69, 9.17) is 4.74 Å². The summed E-state index contributed by atoms with van der Waals surface area (Å²) in [6.45, 7) is 3.40. The Balaban J connectivity index is 0.000000252. The lowest BCUT2D eigenvalue weighted by molar-refractivity contribution is -0.137. The van der Waals surface area contributed by atoms with E-state index < -0.39 is 0 Å². The third-order valence-corrected chi connectivity index (χ3v) is 1.44. The van der Waals surface area contributed by atoms with Crippen molar-refractivity contribution in [3.63, 3.8) is 0 Å². The van der Waals surface area contributed by atoms with Crippen LogP contribution in [-0.2, 0) is 14.3 Å². The standard InChI is InChI=1S/C6H8O2.C4H8O/c1-5(7)8-6-3-2-4-6;1-2-3-4-5/h3H,2,4H2,1H3;4H,2-3H2,1H3. The summed E-state index contributed by atoms with van der Waals surface area (Å²) in [5.74, 6) is 0.619. The fraction of sp³-hybridized carbons (Fsp3) is 0.600. The van der Waals surface area contributed by atoms with Gasteiger partial charge in [-0.25, -0.2) is 0 Å². The quantitative estimate of drug-likeness (QED) is 0.499. The van der Waals surface area contributed by atoms with E-state index in [1.807, 2.05) is 13.0 Å². The van der Waals surface area contributed by atoms with Crippen LogP contribution in [0.2, 0.25) is 0 Å². The molecule has 0 saturated heterocycles. The van der Waals surface area contributed by atoms with Gasteiger partial charge in [0.1, 0.15) is 12.0 Å². The molecule has 0 heterocycles. The fourth-order valence-electron chi connectivity index (χ4n) is 0.657. The van der Waals surface area contributed by atoms with Gasteiger partial charge in [-0.15, -0.1) is 0 Å². The molecule has 0 saturated carbocycles. The zero-order chi connectivity index (χ0) is 10.1. The van der Waals surface area contributed by atoms with Crippen LogP contribution in [0.5, 0.6) is 0 Å². The van der Waals surface area contributed by atoms with E-state index in [1.54, 1.807) is 0 Å². The van der Waals surface area contributed by atoms with E-state index in [1.165, 1.54) is 6.92 Å². The molecular formula is C10H16O3. The summed E-state index contributed by atoms with van der Waals surface area (Å²) in [6, 6.07) is 0. The Morgan fingerprint density at radius 3 is 2.38 bits per heavy atom. The molecule has 0 aromatic carbocycles. The van der Waals surface area contributed by atoms with Gasteiger partial charge in [-0.2, -0.15) is 0 Å². The monoisotopic (exact) mass is 184 g/mol. The normalized spacial score (nSPS) is 12.9. The topological polar surface area (TPSA) is 43.4 Å². The van der Waals surface area contributed by atoms with Crippen LogP contribution in [-0.4, -0.2) is 12.3 Å². The summed E-state index contributed by atoms with van der Waals surface area (Å²) in [5.41, 5.74) is 0. The number of aldehydes is 1. The minimum Gasteiger partial charge on any atom is -0.432 e. The van der Waals surface area contributed by atoms with Crippen LogP contribution < -0.4 is 0 Å². The Kier molecular flexibility index (Phi) is 6.88. The first-order valence-corrected chi connectivity index (χ1v) is 4.51. The summed E-state index contributed by atoms with van der Waals surface area (Å²) in [6.07, 6.45) is 6.52. The maximum absolute atomic E-state index is 10.2. The summed E-state index contributed by atoms with van der Waals surface area (Å²) in [4.78, 5) is 19.6. The van der Waals surface area contributed by atoms with Crippen molar-refractivity contribution in [1.82, 2.24) is 0 Å². The Hall–Kier alpha value is -1.12. The van der Waals surface area contributed by atoms with Crippen molar-refractivity contribution in [3.8, 4) is 0 Å². The second-order valence-electron chi connectivity index (χ2n) is 2.76. The minimum atomic E-state index is -0.212. The number of esters is 1. The number of allylic oxidation sites excluding steroid dienone is 2. The molecule has 0 unspecified atom stereocenters. The lowest BCUT2D eigenvalue weighted by atomic mass is 10.1. The molecule has 1 rings (SSSR count). The SMILES string of the molecule is CC(=O)OC1=CCC1.CCCC=O. The molecule has 0 radical (unpaired) electrons. The Morgan fingerprint density at radius 1 is 1.69 bits per heavy atom. The zero-order valence-electron chi connectivity index (χ0n) is 8.21. The van der Waals surface area contributed by atoms with Crippen LogP contribution in [0.1, 0.15) is 39.5 Å². The highest BCUT2D eigenvalue weighted by Gasteiger charge is 2.07. The van der Waals surface area contributed by atoms with E-state index in [-0.39, 0.29) is 5.97 Å². The predicted molar refractivity (Wildman–Crippen MR) is 50.1 cm³/mol. The van der Waals surface area contributed by atoms with E-state index in [0.29, 0.717) is 6.42 Å². The molecule has 74 valence electrons. The third kappa shape index (κ3) is 7.25. The highest BCUT2D eigenvalue weighted by Crippen LogP contribution is 2.18. The van der Waals surface area contributed by atoms with E-state index in [0.717, 1.165) is 31.3 Å². The molecule has 0 atom stereocenters. The van der Waals surface area contributed by atoms with Gasteiger partial charge in [0.05, 0.1) is 0 Å². The van der Waals surface area contributed by atoms with E-state index in [2.05, 4.69) is 0 Å². The number of ether oxygens (including phenoxy) is 1. The molecule has 3 nitrogen and oxygen atoms in total. The summed E-state index contributed by atoms with van der Waals surface area (Å²) in [5, 5.41) is 0. The first-order valence-electron chi connectivity index (χ1n) is 4.51. The van der Waals surface area contributed by atoms with Crippen LogP contribution in [0.4, 0.5) is 0 Å². The molecule has 0 aromatic rings. The first kappa shape index (κ1) is 11.9. The molecule has 13 heavy (non-hydrogen) atoms. The average molecular weight is 184 g/mol. The van der Waals surface area contributed by atoms with Crippen molar-refractivity contribution in [3.05, 3.63) is 11.8 Å². The van der Waals surface area contributed by atoms with Gasteiger partial charge in [-0.05, 0) is 18.9 Å². The molecule has 3 heteroatoms. The van der Waals surface area contributed by atoms with Crippen LogP contribution in [0, 0.1) is 0 Å². The van der Waals surface area contributed by atoms with Gasteiger partial charge >= 0.3 is 5.97 Å². The van der Waals surface area contributed by atoms with Gasteiger partial charge < -0.3 is 9.53 Å². The number of hydrogen-bond donors (Lipinski definition) is 0. The second kappa shape index (κ2) is 7.53. The Bertz CT molecular complexity index is 194. The number of carbonyl (C=O) groups is 2. The van der Waals surface area contributed by atoms with Crippen molar-refractivity contribution in [2.75, 3.05) is 0 Å². The maximum Gasteiger partial charge on any atom is 0.307 e. The molecule has 1 aliphatic carbocycles. The van der Waals surface area contributed by atoms with Crippen molar-refractivity contribution in [2.24, 2.45) is 0 Å². The summed E-state index contributed by atoms with van der Waals surface area (Å²) in [7, 11) is 0. The fourth-order valence-corrected chi connectivity index (χ4v) is 0.657. The Labute approximate surface area is 78.8 Å². The molecule has 0 fully saturated rings. The van der Waals surface area contributed by atoms with E-state index in [9.17, 15) is 9.59 Å². The van der Waals surface area contributed by atoms with Gasteiger partial charge in [0.2, 0.25) is 0 Å².